The molecule has 1 fully saturated rings. The number of nitrogens with zero attached hydrogens (tertiary/aromatic N) is 1. The van der Waals surface area contributed by atoms with E-state index in [0.717, 1.165) is 23.4 Å². The van der Waals surface area contributed by atoms with Gasteiger partial charge < -0.3 is 15.5 Å². The molecule has 5 heteroatoms. The van der Waals surface area contributed by atoms with Gasteiger partial charge in [-0.2, -0.15) is 0 Å². The average molecular weight is 390 g/mol. The van der Waals surface area contributed by atoms with Gasteiger partial charge in [-0.3, -0.25) is 4.79 Å². The van der Waals surface area contributed by atoms with E-state index in [0.29, 0.717) is 10.9 Å². The van der Waals surface area contributed by atoms with Gasteiger partial charge in [0.15, 0.2) is 6.17 Å². The fourth-order valence-electron chi connectivity index (χ4n) is 3.93. The molecule has 3 atom stereocenters. The third kappa shape index (κ3) is 3.10. The van der Waals surface area contributed by atoms with E-state index in [9.17, 15) is 4.79 Å². The minimum absolute atomic E-state index is 0.0158. The topological polar surface area (TPSA) is 44.4 Å². The lowest BCUT2D eigenvalue weighted by Crippen LogP contribution is -2.48. The highest BCUT2D eigenvalue weighted by molar-refractivity contribution is 6.30. The monoisotopic (exact) mass is 389 g/mol. The molecule has 5 rings (SSSR count). The van der Waals surface area contributed by atoms with Gasteiger partial charge >= 0.3 is 0 Å². The normalized spacial score (nSPS) is 24.8. The van der Waals surface area contributed by atoms with E-state index in [-0.39, 0.29) is 11.9 Å². The fourth-order valence-corrected chi connectivity index (χ4v) is 4.12. The third-order valence-corrected chi connectivity index (χ3v) is 5.65. The Morgan fingerprint density at radius 1 is 1.11 bits per heavy atom. The molecule has 2 aromatic carbocycles. The predicted octanol–water partition coefficient (Wildman–Crippen LogP) is 4.00. The van der Waals surface area contributed by atoms with Crippen LogP contribution in [0.1, 0.15) is 23.5 Å². The van der Waals surface area contributed by atoms with Crippen LogP contribution in [0.25, 0.3) is 5.70 Å². The second-order valence-corrected chi connectivity index (χ2v) is 7.73. The summed E-state index contributed by atoms with van der Waals surface area (Å²) >= 11 is 6.17. The van der Waals surface area contributed by atoms with Crippen LogP contribution in [0, 0.1) is 0 Å². The van der Waals surface area contributed by atoms with Crippen molar-refractivity contribution in [3.63, 3.8) is 0 Å². The minimum Gasteiger partial charge on any atom is -0.355 e. The first kappa shape index (κ1) is 17.1. The van der Waals surface area contributed by atoms with Crippen LogP contribution >= 0.6 is 11.6 Å². The third-order valence-electron chi connectivity index (χ3n) is 5.41. The Morgan fingerprint density at radius 3 is 2.79 bits per heavy atom. The second-order valence-electron chi connectivity index (χ2n) is 7.29. The number of fused-ring (bicyclic) bond motifs is 1. The number of benzene rings is 2. The van der Waals surface area contributed by atoms with Crippen molar-refractivity contribution in [1.29, 1.82) is 0 Å². The van der Waals surface area contributed by atoms with Crippen LogP contribution in [0.4, 0.5) is 0 Å². The molecule has 1 amide bonds. The first-order valence-corrected chi connectivity index (χ1v) is 9.84. The molecular weight excluding hydrogens is 370 g/mol. The first-order valence-electron chi connectivity index (χ1n) is 9.46. The molecule has 2 N–H and O–H groups in total. The number of carbonyl (C=O) groups is 1. The van der Waals surface area contributed by atoms with E-state index < -0.39 is 6.17 Å². The quantitative estimate of drug-likeness (QED) is 0.830. The summed E-state index contributed by atoms with van der Waals surface area (Å²) in [6, 6.07) is 18.2. The van der Waals surface area contributed by atoms with Crippen molar-refractivity contribution >= 4 is 23.2 Å². The molecular formula is C23H20ClN3O. The van der Waals surface area contributed by atoms with Crippen molar-refractivity contribution in [3.05, 3.63) is 101 Å². The summed E-state index contributed by atoms with van der Waals surface area (Å²) in [4.78, 5) is 15.0. The van der Waals surface area contributed by atoms with Crippen LogP contribution < -0.4 is 10.6 Å². The van der Waals surface area contributed by atoms with Gasteiger partial charge in [0.1, 0.15) is 0 Å². The van der Waals surface area contributed by atoms with Crippen molar-refractivity contribution in [2.24, 2.45) is 0 Å². The highest BCUT2D eigenvalue weighted by Crippen LogP contribution is 2.41. The largest absolute Gasteiger partial charge is 0.355 e. The van der Waals surface area contributed by atoms with Gasteiger partial charge in [0.2, 0.25) is 0 Å². The van der Waals surface area contributed by atoms with Crippen molar-refractivity contribution < 1.29 is 4.79 Å². The summed E-state index contributed by atoms with van der Waals surface area (Å²) in [6.45, 7) is 0. The van der Waals surface area contributed by atoms with Crippen LogP contribution in [0.5, 0.6) is 0 Å². The summed E-state index contributed by atoms with van der Waals surface area (Å²) < 4.78 is 0. The molecule has 3 aliphatic rings. The van der Waals surface area contributed by atoms with Gasteiger partial charge in [-0.1, -0.05) is 60.1 Å². The van der Waals surface area contributed by atoms with Crippen molar-refractivity contribution in [2.75, 3.05) is 0 Å². The molecule has 2 heterocycles. The van der Waals surface area contributed by atoms with Gasteiger partial charge in [-0.25, -0.2) is 0 Å². The number of carbonyl (C=O) groups excluding carboxylic acids is 1. The Morgan fingerprint density at radius 2 is 1.96 bits per heavy atom. The molecule has 0 saturated heterocycles. The molecule has 28 heavy (non-hydrogen) atoms. The van der Waals surface area contributed by atoms with Crippen LogP contribution in [0.2, 0.25) is 5.02 Å². The average Bonchev–Trinajstić information content (AvgIpc) is 3.38. The number of rotatable bonds is 4. The Hall–Kier alpha value is -2.98. The maximum atomic E-state index is 13.0. The lowest BCUT2D eigenvalue weighted by atomic mass is 10.1. The SMILES string of the molecule is O=C(N[C@H]1C[C@@H]1c1ccccc1)C1NC(c2cccc(Cl)c2)=C2C=CC=CN21. The summed E-state index contributed by atoms with van der Waals surface area (Å²) in [5.74, 6) is 0.390. The number of allylic oxidation sites excluding steroid dienone is 3. The molecule has 1 aliphatic carbocycles. The molecule has 2 aromatic rings. The highest BCUT2D eigenvalue weighted by atomic mass is 35.5. The smallest absolute Gasteiger partial charge is 0.264 e. The molecule has 0 radical (unpaired) electrons. The summed E-state index contributed by atoms with van der Waals surface area (Å²) in [5.41, 5.74) is 4.14. The fraction of sp³-hybridized carbons (Fsp3) is 0.174. The number of halogens is 1. The number of hydrogen-bond donors (Lipinski definition) is 2. The molecule has 1 unspecified atom stereocenters. The van der Waals surface area contributed by atoms with Crippen LogP contribution in [-0.2, 0) is 4.79 Å². The van der Waals surface area contributed by atoms with Gasteiger partial charge in [0, 0.05) is 28.7 Å². The number of nitrogens with one attached hydrogen (secondary N) is 2. The van der Waals surface area contributed by atoms with Crippen molar-refractivity contribution in [1.82, 2.24) is 15.5 Å². The van der Waals surface area contributed by atoms with Crippen molar-refractivity contribution in [2.45, 2.75) is 24.5 Å². The van der Waals surface area contributed by atoms with E-state index >= 15 is 0 Å². The molecule has 0 spiro atoms. The van der Waals surface area contributed by atoms with Gasteiger partial charge in [0.25, 0.3) is 5.91 Å². The molecule has 1 saturated carbocycles. The Kier molecular flexibility index (Phi) is 4.21. The van der Waals surface area contributed by atoms with Crippen molar-refractivity contribution in [3.8, 4) is 0 Å². The summed E-state index contributed by atoms with van der Waals surface area (Å²) in [5, 5.41) is 7.28. The highest BCUT2D eigenvalue weighted by Gasteiger charge is 2.43. The van der Waals surface area contributed by atoms with Crippen LogP contribution in [0.3, 0.4) is 0 Å². The van der Waals surface area contributed by atoms with Gasteiger partial charge in [0.05, 0.1) is 11.4 Å². The zero-order valence-electron chi connectivity index (χ0n) is 15.2. The summed E-state index contributed by atoms with van der Waals surface area (Å²) in [7, 11) is 0. The summed E-state index contributed by atoms with van der Waals surface area (Å²) in [6.07, 6.45) is 8.38. The van der Waals surface area contributed by atoms with Gasteiger partial charge in [-0.15, -0.1) is 0 Å². The van der Waals surface area contributed by atoms with Crippen LogP contribution in [0.15, 0.2) is 84.7 Å². The van der Waals surface area contributed by atoms with Crippen LogP contribution in [-0.4, -0.2) is 23.0 Å². The molecule has 2 aliphatic heterocycles. The second kappa shape index (κ2) is 6.88. The standard InChI is InChI=1S/C23H20ClN3O/c24-17-10-6-9-16(13-17)21-20-11-4-5-12-27(20)22(26-21)23(28)25-19-14-18(19)15-7-2-1-3-8-15/h1-13,18-19,22,26H,14H2,(H,25,28)/t18-,19+,22?/m1/s1. The Labute approximate surface area is 169 Å². The molecule has 4 nitrogen and oxygen atoms in total. The number of hydrogen-bond acceptors (Lipinski definition) is 3. The van der Waals surface area contributed by atoms with Gasteiger partial charge in [-0.05, 0) is 36.3 Å². The number of amides is 1. The lowest BCUT2D eigenvalue weighted by molar-refractivity contribution is -0.125. The zero-order chi connectivity index (χ0) is 19.1. The Bertz CT molecular complexity index is 1010. The molecule has 0 bridgehead atoms. The van der Waals surface area contributed by atoms with E-state index in [1.807, 2.05) is 71.8 Å². The van der Waals surface area contributed by atoms with E-state index in [4.69, 9.17) is 11.6 Å². The predicted molar refractivity (Wildman–Crippen MR) is 111 cm³/mol. The molecule has 0 aromatic heterocycles. The van der Waals surface area contributed by atoms with E-state index in [1.165, 1.54) is 5.56 Å². The maximum Gasteiger partial charge on any atom is 0.264 e. The van der Waals surface area contributed by atoms with E-state index in [2.05, 4.69) is 22.8 Å². The Balaban J connectivity index is 1.34. The lowest BCUT2D eigenvalue weighted by Gasteiger charge is -2.25. The zero-order valence-corrected chi connectivity index (χ0v) is 15.9. The minimum atomic E-state index is -0.470. The maximum absolute atomic E-state index is 13.0. The van der Waals surface area contributed by atoms with E-state index in [1.54, 1.807) is 0 Å². The first-order chi connectivity index (χ1) is 13.7. The molecule has 140 valence electrons.